The van der Waals surface area contributed by atoms with E-state index in [-0.39, 0.29) is 30.8 Å². The molecule has 0 aliphatic rings. The number of carboxylic acids is 1. The summed E-state index contributed by atoms with van der Waals surface area (Å²) >= 11 is 5.93. The fourth-order valence-corrected chi connectivity index (χ4v) is 3.15. The summed E-state index contributed by atoms with van der Waals surface area (Å²) in [6.07, 6.45) is 1.59. The Kier molecular flexibility index (Phi) is 8.30. The Hall–Kier alpha value is -2.37. The number of carbonyl (C=O) groups is 2. The van der Waals surface area contributed by atoms with E-state index in [0.717, 1.165) is 5.56 Å². The SMILES string of the molecule is CC(CC(=O)Nc1cccc(Cl)c1)NC(CCC(=O)O)Cc1ccccc1. The maximum Gasteiger partial charge on any atom is 0.303 e. The van der Waals surface area contributed by atoms with Crippen LogP contribution in [0.15, 0.2) is 54.6 Å². The van der Waals surface area contributed by atoms with E-state index in [1.807, 2.05) is 37.3 Å². The zero-order valence-corrected chi connectivity index (χ0v) is 16.1. The highest BCUT2D eigenvalue weighted by molar-refractivity contribution is 6.30. The van der Waals surface area contributed by atoms with Crippen molar-refractivity contribution in [2.24, 2.45) is 0 Å². The molecule has 0 aliphatic heterocycles. The summed E-state index contributed by atoms with van der Waals surface area (Å²) in [5.41, 5.74) is 1.79. The molecule has 1 amide bonds. The molecule has 0 aromatic heterocycles. The molecule has 0 aliphatic carbocycles. The van der Waals surface area contributed by atoms with Gasteiger partial charge in [0, 0.05) is 35.6 Å². The van der Waals surface area contributed by atoms with Crippen LogP contribution < -0.4 is 10.6 Å². The third-order valence-corrected chi connectivity index (χ3v) is 4.39. The van der Waals surface area contributed by atoms with Crippen LogP contribution in [0.2, 0.25) is 5.02 Å². The monoisotopic (exact) mass is 388 g/mol. The molecule has 2 rings (SSSR count). The van der Waals surface area contributed by atoms with Gasteiger partial charge in [-0.1, -0.05) is 48.0 Å². The van der Waals surface area contributed by atoms with Crippen molar-refractivity contribution in [1.82, 2.24) is 5.32 Å². The van der Waals surface area contributed by atoms with Crippen LogP contribution in [-0.2, 0) is 16.0 Å². The van der Waals surface area contributed by atoms with E-state index in [0.29, 0.717) is 23.6 Å². The lowest BCUT2D eigenvalue weighted by Gasteiger charge is -2.23. The van der Waals surface area contributed by atoms with Crippen LogP contribution in [0.1, 0.15) is 31.7 Å². The Balaban J connectivity index is 1.90. The number of aliphatic carboxylic acids is 1. The van der Waals surface area contributed by atoms with Crippen molar-refractivity contribution >= 4 is 29.2 Å². The molecule has 27 heavy (non-hydrogen) atoms. The fourth-order valence-electron chi connectivity index (χ4n) is 2.96. The summed E-state index contributed by atoms with van der Waals surface area (Å²) < 4.78 is 0. The molecule has 0 bridgehead atoms. The first-order chi connectivity index (χ1) is 12.9. The van der Waals surface area contributed by atoms with Crippen molar-refractivity contribution in [2.75, 3.05) is 5.32 Å². The Morgan fingerprint density at radius 1 is 1.11 bits per heavy atom. The number of nitrogens with one attached hydrogen (secondary N) is 2. The lowest BCUT2D eigenvalue weighted by atomic mass is 10.0. The van der Waals surface area contributed by atoms with Crippen molar-refractivity contribution < 1.29 is 14.7 Å². The molecule has 2 aromatic rings. The molecule has 0 spiro atoms. The van der Waals surface area contributed by atoms with Crippen molar-refractivity contribution in [3.05, 3.63) is 65.2 Å². The fraction of sp³-hybridized carbons (Fsp3) is 0.333. The second-order valence-electron chi connectivity index (χ2n) is 6.65. The molecule has 0 radical (unpaired) electrons. The molecule has 2 aromatic carbocycles. The van der Waals surface area contributed by atoms with Crippen LogP contribution in [0.4, 0.5) is 5.69 Å². The minimum absolute atomic E-state index is 0.0162. The van der Waals surface area contributed by atoms with Crippen molar-refractivity contribution in [1.29, 1.82) is 0 Å². The van der Waals surface area contributed by atoms with E-state index >= 15 is 0 Å². The van der Waals surface area contributed by atoms with Crippen molar-refractivity contribution in [3.8, 4) is 0 Å². The Morgan fingerprint density at radius 3 is 2.52 bits per heavy atom. The van der Waals surface area contributed by atoms with E-state index in [1.54, 1.807) is 24.3 Å². The van der Waals surface area contributed by atoms with Gasteiger partial charge < -0.3 is 15.7 Å². The van der Waals surface area contributed by atoms with Gasteiger partial charge in [-0.05, 0) is 43.5 Å². The third kappa shape index (κ3) is 8.24. The van der Waals surface area contributed by atoms with Gasteiger partial charge in [0.05, 0.1) is 0 Å². The van der Waals surface area contributed by atoms with Gasteiger partial charge in [0.1, 0.15) is 0 Å². The summed E-state index contributed by atoms with van der Waals surface area (Å²) in [5.74, 6) is -0.935. The molecule has 6 heteroatoms. The molecule has 0 heterocycles. The number of amides is 1. The molecular formula is C21H25ClN2O3. The lowest BCUT2D eigenvalue weighted by Crippen LogP contribution is -2.40. The molecule has 2 unspecified atom stereocenters. The highest BCUT2D eigenvalue weighted by atomic mass is 35.5. The number of carboxylic acid groups (broad SMARTS) is 1. The van der Waals surface area contributed by atoms with Crippen LogP contribution in [0.25, 0.3) is 0 Å². The smallest absolute Gasteiger partial charge is 0.303 e. The zero-order chi connectivity index (χ0) is 19.6. The quantitative estimate of drug-likeness (QED) is 0.572. The average molecular weight is 389 g/mol. The average Bonchev–Trinajstić information content (AvgIpc) is 2.60. The summed E-state index contributed by atoms with van der Waals surface area (Å²) in [4.78, 5) is 23.2. The molecule has 0 fully saturated rings. The summed E-state index contributed by atoms with van der Waals surface area (Å²) in [5, 5.41) is 15.8. The predicted octanol–water partition coefficient (Wildman–Crippen LogP) is 4.12. The van der Waals surface area contributed by atoms with Crippen LogP contribution in [0.3, 0.4) is 0 Å². The standard InChI is InChI=1S/C21H25ClN2O3/c1-15(12-20(25)24-18-9-5-8-17(22)14-18)23-19(10-11-21(26)27)13-16-6-3-2-4-7-16/h2-9,14-15,19,23H,10-13H2,1H3,(H,24,25)(H,26,27). The van der Waals surface area contributed by atoms with E-state index < -0.39 is 5.97 Å². The van der Waals surface area contributed by atoms with Crippen LogP contribution in [0, 0.1) is 0 Å². The molecule has 0 saturated heterocycles. The van der Waals surface area contributed by atoms with Gasteiger partial charge in [-0.2, -0.15) is 0 Å². The summed E-state index contributed by atoms with van der Waals surface area (Å²) in [6.45, 7) is 1.93. The van der Waals surface area contributed by atoms with Gasteiger partial charge in [-0.3, -0.25) is 9.59 Å². The van der Waals surface area contributed by atoms with E-state index in [1.165, 1.54) is 0 Å². The molecular weight excluding hydrogens is 364 g/mol. The second-order valence-corrected chi connectivity index (χ2v) is 7.09. The topological polar surface area (TPSA) is 78.4 Å². The molecule has 5 nitrogen and oxygen atoms in total. The Bertz CT molecular complexity index is 752. The Morgan fingerprint density at radius 2 is 1.85 bits per heavy atom. The first-order valence-corrected chi connectivity index (χ1v) is 9.37. The lowest BCUT2D eigenvalue weighted by molar-refractivity contribution is -0.137. The summed E-state index contributed by atoms with van der Waals surface area (Å²) in [6, 6.07) is 16.8. The molecule has 3 N–H and O–H groups in total. The third-order valence-electron chi connectivity index (χ3n) is 4.15. The highest BCUT2D eigenvalue weighted by Crippen LogP contribution is 2.15. The first-order valence-electron chi connectivity index (χ1n) is 8.99. The van der Waals surface area contributed by atoms with Crippen LogP contribution in [0.5, 0.6) is 0 Å². The number of carbonyl (C=O) groups excluding carboxylic acids is 1. The second kappa shape index (κ2) is 10.7. The maximum atomic E-state index is 12.3. The van der Waals surface area contributed by atoms with Crippen molar-refractivity contribution in [3.63, 3.8) is 0 Å². The molecule has 0 saturated carbocycles. The maximum absolute atomic E-state index is 12.3. The first kappa shape index (κ1) is 20.9. The predicted molar refractivity (Wildman–Crippen MR) is 108 cm³/mol. The largest absolute Gasteiger partial charge is 0.481 e. The minimum Gasteiger partial charge on any atom is -0.481 e. The van der Waals surface area contributed by atoms with Gasteiger partial charge in [0.2, 0.25) is 5.91 Å². The number of rotatable bonds is 10. The number of halogens is 1. The number of hydrogen-bond acceptors (Lipinski definition) is 3. The van der Waals surface area contributed by atoms with Gasteiger partial charge in [-0.15, -0.1) is 0 Å². The zero-order valence-electron chi connectivity index (χ0n) is 15.3. The number of benzene rings is 2. The normalized spacial score (nSPS) is 13.0. The van der Waals surface area contributed by atoms with Crippen LogP contribution >= 0.6 is 11.6 Å². The summed E-state index contributed by atoms with van der Waals surface area (Å²) in [7, 11) is 0. The van der Waals surface area contributed by atoms with Gasteiger partial charge >= 0.3 is 5.97 Å². The van der Waals surface area contributed by atoms with E-state index in [2.05, 4.69) is 10.6 Å². The van der Waals surface area contributed by atoms with Gasteiger partial charge in [0.25, 0.3) is 0 Å². The Labute approximate surface area is 164 Å². The highest BCUT2D eigenvalue weighted by Gasteiger charge is 2.17. The van der Waals surface area contributed by atoms with Crippen molar-refractivity contribution in [2.45, 2.75) is 44.7 Å². The van der Waals surface area contributed by atoms with E-state index in [9.17, 15) is 9.59 Å². The number of hydrogen-bond donors (Lipinski definition) is 3. The molecule has 2 atom stereocenters. The van der Waals surface area contributed by atoms with Crippen LogP contribution in [-0.4, -0.2) is 29.1 Å². The van der Waals surface area contributed by atoms with E-state index in [4.69, 9.17) is 16.7 Å². The van der Waals surface area contributed by atoms with Gasteiger partial charge in [0.15, 0.2) is 0 Å². The minimum atomic E-state index is -0.818. The van der Waals surface area contributed by atoms with Gasteiger partial charge in [-0.25, -0.2) is 0 Å². The number of anilines is 1. The molecule has 144 valence electrons.